The smallest absolute Gasteiger partial charge is 0.369 e. The predicted molar refractivity (Wildman–Crippen MR) is 112 cm³/mol. The summed E-state index contributed by atoms with van der Waals surface area (Å²) in [5.41, 5.74) is 0.971. The number of hydrogen-bond donors (Lipinski definition) is 0. The summed E-state index contributed by atoms with van der Waals surface area (Å²) < 4.78 is 37.8. The number of hydrogen-bond acceptors (Lipinski definition) is 4. The van der Waals surface area contributed by atoms with Crippen molar-refractivity contribution < 1.29 is 18.0 Å². The third kappa shape index (κ3) is 4.99. The lowest BCUT2D eigenvalue weighted by molar-refractivity contribution is -0.141. The molecule has 3 heterocycles. The molecule has 1 spiro atoms. The second-order valence-corrected chi connectivity index (χ2v) is 7.37. The Morgan fingerprint density at radius 3 is 2.23 bits per heavy atom. The van der Waals surface area contributed by atoms with Gasteiger partial charge in [-0.15, -0.1) is 0 Å². The van der Waals surface area contributed by atoms with Crippen LogP contribution in [0.15, 0.2) is 42.9 Å². The van der Waals surface area contributed by atoms with Crippen LogP contribution in [0.5, 0.6) is 0 Å². The summed E-state index contributed by atoms with van der Waals surface area (Å²) in [6.45, 7) is 9.60. The molecule has 0 radical (unpaired) electrons. The van der Waals surface area contributed by atoms with Crippen molar-refractivity contribution in [2.75, 3.05) is 18.0 Å². The number of rotatable bonds is 4. The second kappa shape index (κ2) is 10.0. The van der Waals surface area contributed by atoms with Crippen LogP contribution < -0.4 is 4.90 Å². The summed E-state index contributed by atoms with van der Waals surface area (Å²) in [7, 11) is 0. The van der Waals surface area contributed by atoms with E-state index in [9.17, 15) is 18.0 Å². The molecule has 2 aromatic rings. The van der Waals surface area contributed by atoms with Crippen molar-refractivity contribution in [3.63, 3.8) is 0 Å². The van der Waals surface area contributed by atoms with Crippen LogP contribution in [0.2, 0.25) is 0 Å². The van der Waals surface area contributed by atoms with Crippen LogP contribution in [0.4, 0.5) is 18.9 Å². The van der Waals surface area contributed by atoms with E-state index in [-0.39, 0.29) is 11.3 Å². The first kappa shape index (κ1) is 23.8. The van der Waals surface area contributed by atoms with Crippen LogP contribution >= 0.6 is 0 Å². The van der Waals surface area contributed by atoms with Crippen molar-refractivity contribution in [1.29, 1.82) is 0 Å². The van der Waals surface area contributed by atoms with Crippen LogP contribution in [-0.4, -0.2) is 29.3 Å². The van der Waals surface area contributed by atoms with E-state index in [1.165, 1.54) is 12.3 Å². The maximum atomic E-state index is 12.6. The molecule has 164 valence electrons. The molecule has 4 nitrogen and oxygen atoms in total. The number of aldehydes is 1. The van der Waals surface area contributed by atoms with E-state index in [0.717, 1.165) is 43.8 Å². The average Bonchev–Trinajstić information content (AvgIpc) is 2.72. The molecule has 7 heteroatoms. The monoisotopic (exact) mass is 421 g/mol. The lowest BCUT2D eigenvalue weighted by Gasteiger charge is -2.61. The molecule has 0 aromatic carbocycles. The Bertz CT molecular complexity index is 780. The zero-order valence-corrected chi connectivity index (χ0v) is 18.0. The standard InChI is InChI=1S/C19H18F3N3O.2C2H6/c20-19(21,22)17-4-3-15(9-24-17)25-11-18(12-25)6-14(7-18)16(10-26)13-2-1-5-23-8-13;2*1-2/h1-5,8-10,14,16H,6-7,11-12H2;2*1-2H3. The first-order valence-electron chi connectivity index (χ1n) is 10.5. The van der Waals surface area contributed by atoms with Crippen molar-refractivity contribution in [2.45, 2.75) is 52.6 Å². The van der Waals surface area contributed by atoms with Gasteiger partial charge in [-0.25, -0.2) is 4.98 Å². The summed E-state index contributed by atoms with van der Waals surface area (Å²) in [5.74, 6) is 0.181. The van der Waals surface area contributed by atoms with E-state index in [2.05, 4.69) is 9.97 Å². The number of carbonyl (C=O) groups is 1. The first-order chi connectivity index (χ1) is 14.4. The van der Waals surface area contributed by atoms with Gasteiger partial charge in [-0.05, 0) is 42.5 Å². The molecule has 1 saturated heterocycles. The van der Waals surface area contributed by atoms with Crippen LogP contribution in [0.25, 0.3) is 0 Å². The number of halogens is 3. The van der Waals surface area contributed by atoms with Gasteiger partial charge in [-0.1, -0.05) is 33.8 Å². The van der Waals surface area contributed by atoms with E-state index in [0.29, 0.717) is 11.6 Å². The molecule has 2 fully saturated rings. The fraction of sp³-hybridized carbons (Fsp3) is 0.522. The fourth-order valence-electron chi connectivity index (χ4n) is 4.29. The molecule has 0 amide bonds. The third-order valence-corrected chi connectivity index (χ3v) is 5.57. The quantitative estimate of drug-likeness (QED) is 0.590. The maximum absolute atomic E-state index is 12.6. The fourth-order valence-corrected chi connectivity index (χ4v) is 4.29. The van der Waals surface area contributed by atoms with Gasteiger partial charge >= 0.3 is 6.18 Å². The summed E-state index contributed by atoms with van der Waals surface area (Å²) in [6.07, 6.45) is 3.22. The highest BCUT2D eigenvalue weighted by Crippen LogP contribution is 2.56. The largest absolute Gasteiger partial charge is 0.433 e. The molecule has 1 saturated carbocycles. The van der Waals surface area contributed by atoms with Crippen LogP contribution in [0.1, 0.15) is 57.7 Å². The van der Waals surface area contributed by atoms with E-state index in [1.807, 2.05) is 44.7 Å². The summed E-state index contributed by atoms with van der Waals surface area (Å²) in [5, 5.41) is 0. The first-order valence-corrected chi connectivity index (χ1v) is 10.5. The van der Waals surface area contributed by atoms with Crippen molar-refractivity contribution in [1.82, 2.24) is 9.97 Å². The third-order valence-electron chi connectivity index (χ3n) is 5.57. The zero-order valence-electron chi connectivity index (χ0n) is 18.0. The molecule has 1 unspecified atom stereocenters. The number of anilines is 1. The number of carbonyl (C=O) groups excluding carboxylic acids is 1. The Kier molecular flexibility index (Phi) is 7.98. The lowest BCUT2D eigenvalue weighted by Crippen LogP contribution is -2.63. The van der Waals surface area contributed by atoms with E-state index >= 15 is 0 Å². The topological polar surface area (TPSA) is 46.1 Å². The zero-order chi connectivity index (χ0) is 22.4. The lowest BCUT2D eigenvalue weighted by atomic mass is 9.54. The van der Waals surface area contributed by atoms with E-state index in [1.54, 1.807) is 12.4 Å². The van der Waals surface area contributed by atoms with Crippen molar-refractivity contribution in [2.24, 2.45) is 11.3 Å². The van der Waals surface area contributed by atoms with Crippen LogP contribution in [-0.2, 0) is 11.0 Å². The molecule has 4 rings (SSSR count). The Hall–Kier alpha value is -2.44. The van der Waals surface area contributed by atoms with E-state index in [4.69, 9.17) is 0 Å². The van der Waals surface area contributed by atoms with Gasteiger partial charge in [0, 0.05) is 36.8 Å². The average molecular weight is 422 g/mol. The predicted octanol–water partition coefficient (Wildman–Crippen LogP) is 5.75. The molecular weight excluding hydrogens is 391 g/mol. The number of alkyl halides is 3. The van der Waals surface area contributed by atoms with E-state index < -0.39 is 11.9 Å². The molecule has 2 aromatic heterocycles. The van der Waals surface area contributed by atoms with Crippen molar-refractivity contribution in [3.05, 3.63) is 54.1 Å². The SMILES string of the molecule is CC.CC.O=CC(c1cccnc1)C1CC2(C1)CN(c1ccc(C(F)(F)F)nc1)C2. The molecule has 1 atom stereocenters. The van der Waals surface area contributed by atoms with Gasteiger partial charge in [0.25, 0.3) is 0 Å². The minimum absolute atomic E-state index is 0.129. The summed E-state index contributed by atoms with van der Waals surface area (Å²) in [6, 6.07) is 6.26. The molecule has 1 aliphatic carbocycles. The number of aromatic nitrogens is 2. The van der Waals surface area contributed by atoms with Gasteiger partial charge < -0.3 is 9.69 Å². The van der Waals surface area contributed by atoms with Gasteiger partial charge in [0.2, 0.25) is 0 Å². The second-order valence-electron chi connectivity index (χ2n) is 7.37. The maximum Gasteiger partial charge on any atom is 0.433 e. The molecule has 0 N–H and O–H groups in total. The molecular formula is C23H30F3N3O. The van der Waals surface area contributed by atoms with Gasteiger partial charge in [0.15, 0.2) is 0 Å². The minimum atomic E-state index is -4.41. The molecule has 30 heavy (non-hydrogen) atoms. The number of pyridine rings is 2. The highest BCUT2D eigenvalue weighted by Gasteiger charge is 2.54. The van der Waals surface area contributed by atoms with Crippen molar-refractivity contribution >= 4 is 12.0 Å². The minimum Gasteiger partial charge on any atom is -0.369 e. The van der Waals surface area contributed by atoms with Crippen LogP contribution in [0.3, 0.4) is 0 Å². The summed E-state index contributed by atoms with van der Waals surface area (Å²) >= 11 is 0. The Labute approximate surface area is 176 Å². The molecule has 0 bridgehead atoms. The normalized spacial score (nSPS) is 18.0. The highest BCUT2D eigenvalue weighted by molar-refractivity contribution is 5.63. The Morgan fingerprint density at radius 2 is 1.77 bits per heavy atom. The van der Waals surface area contributed by atoms with Crippen molar-refractivity contribution in [3.8, 4) is 0 Å². The number of nitrogens with zero attached hydrogens (tertiary/aromatic N) is 3. The van der Waals surface area contributed by atoms with Gasteiger partial charge in [-0.2, -0.15) is 13.2 Å². The summed E-state index contributed by atoms with van der Waals surface area (Å²) in [4.78, 5) is 21.2. The van der Waals surface area contributed by atoms with Crippen LogP contribution in [0, 0.1) is 11.3 Å². The highest BCUT2D eigenvalue weighted by atomic mass is 19.4. The van der Waals surface area contributed by atoms with Gasteiger partial charge in [0.1, 0.15) is 12.0 Å². The molecule has 2 aliphatic rings. The Morgan fingerprint density at radius 1 is 1.10 bits per heavy atom. The van der Waals surface area contributed by atoms with Gasteiger partial charge in [-0.3, -0.25) is 4.98 Å². The Balaban J connectivity index is 0.000000757. The van der Waals surface area contributed by atoms with Gasteiger partial charge in [0.05, 0.1) is 11.9 Å². The molecule has 1 aliphatic heterocycles.